The van der Waals surface area contributed by atoms with Crippen molar-refractivity contribution in [1.82, 2.24) is 14.5 Å². The Morgan fingerprint density at radius 3 is 2.36 bits per heavy atom. The van der Waals surface area contributed by atoms with Crippen LogP contribution in [0.5, 0.6) is 0 Å². The smallest absolute Gasteiger partial charge is 0.354 e. The van der Waals surface area contributed by atoms with Crippen molar-refractivity contribution in [2.24, 2.45) is 0 Å². The van der Waals surface area contributed by atoms with Crippen molar-refractivity contribution in [3.63, 3.8) is 0 Å². The highest BCUT2D eigenvalue weighted by atomic mass is 16.4. The Hall–Kier alpha value is -5.31. The number of carbonyl (C=O) groups excluding carboxylic acids is 1. The lowest BCUT2D eigenvalue weighted by molar-refractivity contribution is 0.0690. The normalized spacial score (nSPS) is 10.7. The van der Waals surface area contributed by atoms with E-state index in [4.69, 9.17) is 0 Å². The highest BCUT2D eigenvalue weighted by molar-refractivity contribution is 6.04. The van der Waals surface area contributed by atoms with Gasteiger partial charge in [-0.3, -0.25) is 19.1 Å². The van der Waals surface area contributed by atoms with E-state index >= 15 is 0 Å². The number of benzene rings is 2. The number of carbonyl (C=O) groups is 2. The number of carboxylic acid groups (broad SMARTS) is 1. The number of nitrogens with zero attached hydrogens (tertiary/aromatic N) is 3. The summed E-state index contributed by atoms with van der Waals surface area (Å²) in [5.41, 5.74) is 2.63. The van der Waals surface area contributed by atoms with Crippen molar-refractivity contribution in [3.8, 4) is 5.69 Å². The molecule has 0 aliphatic heterocycles. The molecular weight excluding hydrogens is 458 g/mol. The summed E-state index contributed by atoms with van der Waals surface area (Å²) in [6, 6.07) is 22.3. The quantitative estimate of drug-likeness (QED) is 0.329. The molecule has 176 valence electrons. The lowest BCUT2D eigenvalue weighted by Gasteiger charge is -2.11. The molecular formula is C27H19N5O4. The number of fused-ring (bicyclic) bond motifs is 1. The number of aromatic nitrogens is 3. The summed E-state index contributed by atoms with van der Waals surface area (Å²) in [5.74, 6) is -1.64. The van der Waals surface area contributed by atoms with E-state index in [0.717, 1.165) is 0 Å². The predicted octanol–water partition coefficient (Wildman–Crippen LogP) is 4.47. The molecule has 5 aromatic rings. The zero-order chi connectivity index (χ0) is 25.1. The fourth-order valence-electron chi connectivity index (χ4n) is 3.72. The molecule has 0 saturated carbocycles. The Labute approximate surface area is 204 Å². The van der Waals surface area contributed by atoms with Crippen LogP contribution in [0.2, 0.25) is 0 Å². The molecule has 0 saturated heterocycles. The highest BCUT2D eigenvalue weighted by Gasteiger charge is 2.14. The van der Waals surface area contributed by atoms with Crippen molar-refractivity contribution >= 4 is 39.8 Å². The van der Waals surface area contributed by atoms with Crippen LogP contribution in [0.4, 0.5) is 17.1 Å². The molecule has 36 heavy (non-hydrogen) atoms. The van der Waals surface area contributed by atoms with Gasteiger partial charge in [0.05, 0.1) is 11.7 Å². The predicted molar refractivity (Wildman–Crippen MR) is 136 cm³/mol. The van der Waals surface area contributed by atoms with E-state index in [2.05, 4.69) is 20.6 Å². The second-order valence-electron chi connectivity index (χ2n) is 7.84. The van der Waals surface area contributed by atoms with Gasteiger partial charge < -0.3 is 15.7 Å². The van der Waals surface area contributed by atoms with Crippen LogP contribution >= 0.6 is 0 Å². The van der Waals surface area contributed by atoms with Gasteiger partial charge in [-0.05, 0) is 60.7 Å². The van der Waals surface area contributed by atoms with Crippen LogP contribution in [0.3, 0.4) is 0 Å². The molecule has 0 unspecified atom stereocenters. The fraction of sp³-hybridized carbons (Fsp3) is 0. The summed E-state index contributed by atoms with van der Waals surface area (Å²) >= 11 is 0. The number of aromatic carboxylic acids is 1. The molecule has 3 aromatic heterocycles. The van der Waals surface area contributed by atoms with Crippen LogP contribution in [0.25, 0.3) is 16.6 Å². The number of anilines is 3. The number of para-hydroxylation sites is 1. The van der Waals surface area contributed by atoms with Gasteiger partial charge in [-0.1, -0.05) is 18.2 Å². The summed E-state index contributed by atoms with van der Waals surface area (Å²) in [7, 11) is 0. The molecule has 0 fully saturated rings. The van der Waals surface area contributed by atoms with Crippen molar-refractivity contribution in [3.05, 3.63) is 119 Å². The van der Waals surface area contributed by atoms with Crippen LogP contribution < -0.4 is 16.2 Å². The average Bonchev–Trinajstić information content (AvgIpc) is 2.90. The second kappa shape index (κ2) is 9.51. The summed E-state index contributed by atoms with van der Waals surface area (Å²) < 4.78 is 1.42. The third-order valence-corrected chi connectivity index (χ3v) is 5.50. The third kappa shape index (κ3) is 4.53. The largest absolute Gasteiger partial charge is 0.477 e. The molecule has 0 aliphatic rings. The molecule has 3 N–H and O–H groups in total. The minimum atomic E-state index is -1.12. The third-order valence-electron chi connectivity index (χ3n) is 5.50. The Morgan fingerprint density at radius 1 is 0.861 bits per heavy atom. The lowest BCUT2D eigenvalue weighted by atomic mass is 10.2. The summed E-state index contributed by atoms with van der Waals surface area (Å²) in [4.78, 5) is 45.1. The second-order valence-corrected chi connectivity index (χ2v) is 7.84. The summed E-state index contributed by atoms with van der Waals surface area (Å²) in [5, 5.41) is 15.8. The van der Waals surface area contributed by atoms with Crippen LogP contribution in [0.15, 0.2) is 102 Å². The Balaban J connectivity index is 1.35. The number of hydrogen-bond acceptors (Lipinski definition) is 6. The van der Waals surface area contributed by atoms with Gasteiger partial charge in [-0.2, -0.15) is 0 Å². The van der Waals surface area contributed by atoms with Crippen LogP contribution in [0, 0.1) is 0 Å². The molecule has 1 amide bonds. The first-order chi connectivity index (χ1) is 17.5. The van der Waals surface area contributed by atoms with E-state index < -0.39 is 17.4 Å². The summed E-state index contributed by atoms with van der Waals surface area (Å²) in [6.45, 7) is 0. The highest BCUT2D eigenvalue weighted by Crippen LogP contribution is 2.26. The maximum Gasteiger partial charge on any atom is 0.354 e. The number of nitrogens with one attached hydrogen (secondary N) is 2. The number of hydrogen-bond donors (Lipinski definition) is 3. The van der Waals surface area contributed by atoms with E-state index in [-0.39, 0.29) is 11.3 Å². The van der Waals surface area contributed by atoms with Crippen LogP contribution in [-0.2, 0) is 0 Å². The van der Waals surface area contributed by atoms with Crippen molar-refractivity contribution in [2.45, 2.75) is 0 Å². The molecule has 0 spiro atoms. The van der Waals surface area contributed by atoms with Gasteiger partial charge in [0.2, 0.25) is 0 Å². The zero-order valence-electron chi connectivity index (χ0n) is 18.8. The number of pyridine rings is 3. The molecule has 0 radical (unpaired) electrons. The maximum atomic E-state index is 12.9. The molecule has 0 atom stereocenters. The maximum absolute atomic E-state index is 12.9. The van der Waals surface area contributed by atoms with Crippen LogP contribution in [0.1, 0.15) is 20.8 Å². The van der Waals surface area contributed by atoms with Crippen LogP contribution in [-0.4, -0.2) is 31.5 Å². The molecule has 9 nitrogen and oxygen atoms in total. The van der Waals surface area contributed by atoms with Gasteiger partial charge in [0.15, 0.2) is 0 Å². The van der Waals surface area contributed by atoms with Gasteiger partial charge in [-0.15, -0.1) is 0 Å². The molecule has 2 aromatic carbocycles. The van der Waals surface area contributed by atoms with Gasteiger partial charge in [-0.25, -0.2) is 9.78 Å². The van der Waals surface area contributed by atoms with Crippen molar-refractivity contribution < 1.29 is 14.7 Å². The topological polar surface area (TPSA) is 126 Å². The van der Waals surface area contributed by atoms with E-state index in [9.17, 15) is 19.5 Å². The first kappa shape index (κ1) is 22.5. The molecule has 5 rings (SSSR count). The van der Waals surface area contributed by atoms with Gasteiger partial charge in [0.25, 0.3) is 11.5 Å². The Bertz CT molecular complexity index is 1650. The molecule has 0 bridgehead atoms. The monoisotopic (exact) mass is 477 g/mol. The van der Waals surface area contributed by atoms with E-state index in [1.807, 2.05) is 18.2 Å². The number of carboxylic acids is 1. The minimum absolute atomic E-state index is 0.0228. The SMILES string of the molecule is O=C(O)c1cc2c(Nc3ccc(NC(=O)c4cccn(-c5ccccc5)c4=O)cc3)ccnc2cn1. The Morgan fingerprint density at radius 2 is 1.61 bits per heavy atom. The Kier molecular flexibility index (Phi) is 5.94. The van der Waals surface area contributed by atoms with Gasteiger partial charge in [0, 0.05) is 40.5 Å². The molecule has 3 heterocycles. The lowest BCUT2D eigenvalue weighted by Crippen LogP contribution is -2.27. The average molecular weight is 477 g/mol. The van der Waals surface area contributed by atoms with Crippen molar-refractivity contribution in [1.29, 1.82) is 0 Å². The van der Waals surface area contributed by atoms with E-state index in [1.165, 1.54) is 22.9 Å². The number of amides is 1. The summed E-state index contributed by atoms with van der Waals surface area (Å²) in [6.07, 6.45) is 4.63. The van der Waals surface area contributed by atoms with Gasteiger partial charge >= 0.3 is 5.97 Å². The number of rotatable bonds is 6. The first-order valence-electron chi connectivity index (χ1n) is 10.9. The first-order valence-corrected chi connectivity index (χ1v) is 10.9. The van der Waals surface area contributed by atoms with Gasteiger partial charge in [0.1, 0.15) is 11.3 Å². The standard InChI is InChI=1S/C27H19N5O4/c33-25(20-7-4-14-32(26(20)34)19-5-2-1-3-6-19)31-18-10-8-17(9-11-18)30-22-12-13-28-24-16-29-23(27(35)36)15-21(22)24/h1-16H,(H,28,30)(H,31,33)(H,35,36). The zero-order valence-corrected chi connectivity index (χ0v) is 18.8. The molecule has 0 aliphatic carbocycles. The van der Waals surface area contributed by atoms with E-state index in [1.54, 1.807) is 60.9 Å². The van der Waals surface area contributed by atoms with Crippen molar-refractivity contribution in [2.75, 3.05) is 10.6 Å². The fourth-order valence-corrected chi connectivity index (χ4v) is 3.72. The van der Waals surface area contributed by atoms with E-state index in [0.29, 0.717) is 33.7 Å². The minimum Gasteiger partial charge on any atom is -0.477 e. The molecule has 9 heteroatoms.